The van der Waals surface area contributed by atoms with E-state index in [4.69, 9.17) is 0 Å². The van der Waals surface area contributed by atoms with Gasteiger partial charge in [0.2, 0.25) is 0 Å². The van der Waals surface area contributed by atoms with Crippen molar-refractivity contribution in [1.29, 1.82) is 0 Å². The average molecular weight is 293 g/mol. The maximum atomic E-state index is 4.43. The second-order valence-corrected chi connectivity index (χ2v) is 5.82. The van der Waals surface area contributed by atoms with Crippen LogP contribution in [0.2, 0.25) is 0 Å². The summed E-state index contributed by atoms with van der Waals surface area (Å²) in [6.45, 7) is 11.6. The van der Waals surface area contributed by atoms with Gasteiger partial charge in [0.05, 0.1) is 0 Å². The molecule has 0 aromatic carbocycles. The lowest BCUT2D eigenvalue weighted by atomic mass is 10.2. The summed E-state index contributed by atoms with van der Waals surface area (Å²) in [5.74, 6) is 2.63. The Labute approximate surface area is 129 Å². The first-order valence-electron chi connectivity index (χ1n) is 8.06. The van der Waals surface area contributed by atoms with Gasteiger partial charge in [-0.1, -0.05) is 6.92 Å². The van der Waals surface area contributed by atoms with Crippen molar-refractivity contribution in [3.63, 3.8) is 0 Å². The average Bonchev–Trinajstić information content (AvgIpc) is 2.43. The predicted molar refractivity (Wildman–Crippen MR) is 91.0 cm³/mol. The highest BCUT2D eigenvalue weighted by Crippen LogP contribution is 2.11. The quantitative estimate of drug-likeness (QED) is 0.649. The van der Waals surface area contributed by atoms with Crippen LogP contribution in [0.15, 0.2) is 6.07 Å². The minimum absolute atomic E-state index is 0.620. The molecule has 0 saturated carbocycles. The van der Waals surface area contributed by atoms with E-state index in [1.807, 2.05) is 13.0 Å². The Morgan fingerprint density at radius 3 is 2.29 bits per heavy atom. The number of hydrogen-bond donors (Lipinski definition) is 2. The normalized spacial score (nSPS) is 11.2. The van der Waals surface area contributed by atoms with Crippen molar-refractivity contribution >= 4 is 11.6 Å². The van der Waals surface area contributed by atoms with Gasteiger partial charge in [-0.2, -0.15) is 0 Å². The molecule has 0 radical (unpaired) electrons. The lowest BCUT2D eigenvalue weighted by molar-refractivity contribution is 0.269. The zero-order valence-corrected chi connectivity index (χ0v) is 14.2. The highest BCUT2D eigenvalue weighted by molar-refractivity contribution is 5.47. The third-order valence-electron chi connectivity index (χ3n) is 3.52. The van der Waals surface area contributed by atoms with E-state index >= 15 is 0 Å². The molecule has 0 saturated heterocycles. The molecule has 120 valence electrons. The number of rotatable bonds is 10. The molecule has 0 amide bonds. The molecule has 21 heavy (non-hydrogen) atoms. The van der Waals surface area contributed by atoms with Gasteiger partial charge in [0.1, 0.15) is 17.5 Å². The summed E-state index contributed by atoms with van der Waals surface area (Å²) in [6, 6.07) is 2.61. The summed E-state index contributed by atoms with van der Waals surface area (Å²) in [5, 5.41) is 6.70. The zero-order chi connectivity index (χ0) is 15.7. The SMILES string of the molecule is CCCNc1cc(NCCCCN(C)C(C)C)nc(C)n1. The number of aryl methyl sites for hydroxylation is 1. The van der Waals surface area contributed by atoms with Crippen molar-refractivity contribution in [2.45, 2.75) is 53.0 Å². The first-order chi connectivity index (χ1) is 10.0. The lowest BCUT2D eigenvalue weighted by Crippen LogP contribution is -2.27. The Morgan fingerprint density at radius 1 is 1.10 bits per heavy atom. The van der Waals surface area contributed by atoms with E-state index in [1.165, 1.54) is 6.42 Å². The molecule has 2 N–H and O–H groups in total. The second kappa shape index (κ2) is 9.55. The molecule has 1 aromatic rings. The molecule has 0 aliphatic heterocycles. The van der Waals surface area contributed by atoms with E-state index in [0.717, 1.165) is 49.9 Å². The Morgan fingerprint density at radius 2 is 1.71 bits per heavy atom. The largest absolute Gasteiger partial charge is 0.370 e. The maximum Gasteiger partial charge on any atom is 0.131 e. The van der Waals surface area contributed by atoms with Crippen LogP contribution in [0.25, 0.3) is 0 Å². The minimum Gasteiger partial charge on any atom is -0.370 e. The number of unbranched alkanes of at least 4 members (excludes halogenated alkanes) is 1. The Kier molecular flexibility index (Phi) is 8.05. The van der Waals surface area contributed by atoms with E-state index < -0.39 is 0 Å². The number of anilines is 2. The van der Waals surface area contributed by atoms with E-state index in [0.29, 0.717) is 6.04 Å². The van der Waals surface area contributed by atoms with Gasteiger partial charge in [0.25, 0.3) is 0 Å². The smallest absolute Gasteiger partial charge is 0.131 e. The lowest BCUT2D eigenvalue weighted by Gasteiger charge is -2.20. The van der Waals surface area contributed by atoms with Crippen LogP contribution < -0.4 is 10.6 Å². The van der Waals surface area contributed by atoms with Crippen molar-refractivity contribution in [1.82, 2.24) is 14.9 Å². The van der Waals surface area contributed by atoms with Crippen LogP contribution in [0.1, 0.15) is 45.9 Å². The van der Waals surface area contributed by atoms with E-state index in [2.05, 4.69) is 53.3 Å². The molecule has 0 aliphatic carbocycles. The fourth-order valence-electron chi connectivity index (χ4n) is 1.96. The van der Waals surface area contributed by atoms with Crippen LogP contribution >= 0.6 is 0 Å². The molecule has 1 aromatic heterocycles. The third-order valence-corrected chi connectivity index (χ3v) is 3.52. The summed E-state index contributed by atoms with van der Waals surface area (Å²) < 4.78 is 0. The molecule has 0 unspecified atom stereocenters. The van der Waals surface area contributed by atoms with Gasteiger partial charge in [-0.15, -0.1) is 0 Å². The van der Waals surface area contributed by atoms with Gasteiger partial charge in [0, 0.05) is 25.2 Å². The molecule has 0 atom stereocenters. The molecule has 0 bridgehead atoms. The molecule has 0 aliphatic rings. The minimum atomic E-state index is 0.620. The first kappa shape index (κ1) is 17.7. The third kappa shape index (κ3) is 7.27. The molecule has 0 spiro atoms. The second-order valence-electron chi connectivity index (χ2n) is 5.82. The number of nitrogens with one attached hydrogen (secondary N) is 2. The number of hydrogen-bond acceptors (Lipinski definition) is 5. The van der Waals surface area contributed by atoms with Crippen LogP contribution in [-0.2, 0) is 0 Å². The molecule has 5 nitrogen and oxygen atoms in total. The van der Waals surface area contributed by atoms with Gasteiger partial charge >= 0.3 is 0 Å². The van der Waals surface area contributed by atoms with Crippen LogP contribution in [0.5, 0.6) is 0 Å². The first-order valence-corrected chi connectivity index (χ1v) is 8.06. The molecule has 1 heterocycles. The van der Waals surface area contributed by atoms with Gasteiger partial charge in [-0.05, 0) is 53.6 Å². The molecular weight excluding hydrogens is 262 g/mol. The summed E-state index contributed by atoms with van der Waals surface area (Å²) in [7, 11) is 2.18. The van der Waals surface area contributed by atoms with Crippen LogP contribution in [0.4, 0.5) is 11.6 Å². The molecule has 5 heteroatoms. The fraction of sp³-hybridized carbons (Fsp3) is 0.750. The monoisotopic (exact) mass is 293 g/mol. The molecular formula is C16H31N5. The van der Waals surface area contributed by atoms with Crippen LogP contribution in [0.3, 0.4) is 0 Å². The van der Waals surface area contributed by atoms with Crippen LogP contribution in [-0.4, -0.2) is 47.6 Å². The van der Waals surface area contributed by atoms with E-state index in [9.17, 15) is 0 Å². The van der Waals surface area contributed by atoms with Gasteiger partial charge in [0.15, 0.2) is 0 Å². The Bertz CT molecular complexity index is 406. The zero-order valence-electron chi connectivity index (χ0n) is 14.2. The standard InChI is InChI=1S/C16H31N5/c1-6-9-17-15-12-16(20-14(4)19-15)18-10-7-8-11-21(5)13(2)3/h12-13H,6-11H2,1-5H3,(H2,17,18,19,20). The van der Waals surface area contributed by atoms with Gasteiger partial charge in [-0.25, -0.2) is 9.97 Å². The van der Waals surface area contributed by atoms with Crippen molar-refractivity contribution in [2.75, 3.05) is 37.3 Å². The molecule has 1 rings (SSSR count). The topological polar surface area (TPSA) is 53.1 Å². The maximum absolute atomic E-state index is 4.43. The Hall–Kier alpha value is -1.36. The fourth-order valence-corrected chi connectivity index (χ4v) is 1.96. The van der Waals surface area contributed by atoms with E-state index in [-0.39, 0.29) is 0 Å². The van der Waals surface area contributed by atoms with Crippen molar-refractivity contribution in [2.24, 2.45) is 0 Å². The van der Waals surface area contributed by atoms with Crippen LogP contribution in [0, 0.1) is 6.92 Å². The highest BCUT2D eigenvalue weighted by atomic mass is 15.1. The van der Waals surface area contributed by atoms with Gasteiger partial charge < -0.3 is 15.5 Å². The van der Waals surface area contributed by atoms with Crippen molar-refractivity contribution in [3.8, 4) is 0 Å². The summed E-state index contributed by atoms with van der Waals surface area (Å²) in [5.41, 5.74) is 0. The molecule has 0 fully saturated rings. The summed E-state index contributed by atoms with van der Waals surface area (Å²) in [6.07, 6.45) is 3.44. The van der Waals surface area contributed by atoms with E-state index in [1.54, 1.807) is 0 Å². The van der Waals surface area contributed by atoms with Gasteiger partial charge in [-0.3, -0.25) is 0 Å². The highest BCUT2D eigenvalue weighted by Gasteiger charge is 2.03. The number of aromatic nitrogens is 2. The predicted octanol–water partition coefficient (Wildman–Crippen LogP) is 3.14. The van der Waals surface area contributed by atoms with Crippen molar-refractivity contribution < 1.29 is 0 Å². The van der Waals surface area contributed by atoms with Crippen molar-refractivity contribution in [3.05, 3.63) is 11.9 Å². The summed E-state index contributed by atoms with van der Waals surface area (Å²) >= 11 is 0. The number of nitrogens with zero attached hydrogens (tertiary/aromatic N) is 3. The Balaban J connectivity index is 2.33. The summed E-state index contributed by atoms with van der Waals surface area (Å²) in [4.78, 5) is 11.2.